The Balaban J connectivity index is 1.59. The van der Waals surface area contributed by atoms with E-state index in [0.29, 0.717) is 52.9 Å². The first-order valence-electron chi connectivity index (χ1n) is 15.8. The van der Waals surface area contributed by atoms with Crippen molar-refractivity contribution in [3.63, 3.8) is 0 Å². The molecular formula is C40H40O8. The van der Waals surface area contributed by atoms with Gasteiger partial charge in [0.15, 0.2) is 0 Å². The maximum atomic E-state index is 6.04. The monoisotopic (exact) mass is 648 g/mol. The Morgan fingerprint density at radius 1 is 0.250 bits per heavy atom. The van der Waals surface area contributed by atoms with Gasteiger partial charge in [0.25, 0.3) is 0 Å². The third kappa shape index (κ3) is 9.19. The van der Waals surface area contributed by atoms with Gasteiger partial charge in [-0.25, -0.2) is 0 Å². The Bertz CT molecular complexity index is 1420. The molecule has 4 aliphatic heterocycles. The maximum Gasteiger partial charge on any atom is 0.302 e. The van der Waals surface area contributed by atoms with Gasteiger partial charge in [0, 0.05) is 21.7 Å². The second-order valence-electron chi connectivity index (χ2n) is 15.4. The molecule has 0 aromatic carbocycles. The molecule has 0 N–H and O–H groups in total. The molecule has 4 fully saturated rings. The second kappa shape index (κ2) is 13.2. The van der Waals surface area contributed by atoms with E-state index in [1.807, 2.05) is 55.4 Å². The highest BCUT2D eigenvalue weighted by Crippen LogP contribution is 2.32. The average Bonchev–Trinajstić information content (AvgIpc) is 3.03. The zero-order valence-electron chi connectivity index (χ0n) is 28.9. The summed E-state index contributed by atoms with van der Waals surface area (Å²) in [4.78, 5) is 0. The van der Waals surface area contributed by atoms with E-state index in [1.165, 1.54) is 0 Å². The predicted octanol–water partition coefficient (Wildman–Crippen LogP) is 3.10. The molecule has 8 heteroatoms. The lowest BCUT2D eigenvalue weighted by molar-refractivity contribution is -0.235. The molecule has 0 saturated carbocycles. The van der Waals surface area contributed by atoms with Gasteiger partial charge < -0.3 is 37.9 Å². The van der Waals surface area contributed by atoms with Crippen LogP contribution in [0, 0.1) is 116 Å². The Kier molecular flexibility index (Phi) is 9.77. The van der Waals surface area contributed by atoms with E-state index in [1.54, 1.807) is 0 Å². The first-order valence-corrected chi connectivity index (χ1v) is 15.8. The predicted molar refractivity (Wildman–Crippen MR) is 176 cm³/mol. The molecule has 0 unspecified atom stereocenters. The smallest absolute Gasteiger partial charge is 0.302 e. The second-order valence-corrected chi connectivity index (χ2v) is 15.4. The zero-order chi connectivity index (χ0) is 34.6. The molecule has 5 aliphatic rings. The molecule has 0 aromatic heterocycles. The number of hydrogen-bond acceptors (Lipinski definition) is 8. The van der Waals surface area contributed by atoms with Crippen LogP contribution >= 0.6 is 0 Å². The number of rotatable bonds is 0. The first-order chi connectivity index (χ1) is 22.5. The highest BCUT2D eigenvalue weighted by Gasteiger charge is 2.42. The van der Waals surface area contributed by atoms with Crippen LogP contribution in [0.3, 0.4) is 0 Å². The highest BCUT2D eigenvalue weighted by molar-refractivity contribution is 5.45. The van der Waals surface area contributed by atoms with Crippen molar-refractivity contribution in [1.82, 2.24) is 0 Å². The number of ether oxygens (including phenoxy) is 8. The summed E-state index contributed by atoms with van der Waals surface area (Å²) in [7, 11) is 0. The van der Waals surface area contributed by atoms with Gasteiger partial charge in [-0.3, -0.25) is 0 Å². The van der Waals surface area contributed by atoms with Crippen molar-refractivity contribution < 1.29 is 37.9 Å². The molecule has 0 aromatic rings. The fourth-order valence-corrected chi connectivity index (χ4v) is 4.32. The summed E-state index contributed by atoms with van der Waals surface area (Å²) in [6.45, 7) is 19.0. The molecule has 5 rings (SSSR count). The highest BCUT2D eigenvalue weighted by atomic mass is 16.7. The van der Waals surface area contributed by atoms with Crippen molar-refractivity contribution in [3.05, 3.63) is 0 Å². The summed E-state index contributed by atoms with van der Waals surface area (Å²) in [5, 5.41) is 0. The molecule has 0 radical (unpaired) electrons. The lowest BCUT2D eigenvalue weighted by Crippen LogP contribution is -2.46. The summed E-state index contributed by atoms with van der Waals surface area (Å²) in [5.74, 6) is 39.5. The van der Waals surface area contributed by atoms with Gasteiger partial charge in [-0.2, -0.15) is 0 Å². The lowest BCUT2D eigenvalue weighted by atomic mass is 9.94. The largest absolute Gasteiger partial charge is 0.329 e. The molecule has 0 amide bonds. The SMILES string of the molecule is CC1(C)COC2(C#CC#CC3(C#CC#CC4(C#CC#CC5(C#CC#C2)OCC(C)(C)CO5)OCC(C)(C)CO4)OCC(C)(C)CO3)OC1. The minimum atomic E-state index is -1.57. The van der Waals surface area contributed by atoms with Crippen LogP contribution in [0.2, 0.25) is 0 Å². The molecule has 0 atom stereocenters. The van der Waals surface area contributed by atoms with Crippen molar-refractivity contribution in [1.29, 1.82) is 0 Å². The van der Waals surface area contributed by atoms with Crippen molar-refractivity contribution >= 4 is 0 Å². The summed E-state index contributed by atoms with van der Waals surface area (Å²) in [6.07, 6.45) is 0. The van der Waals surface area contributed by atoms with Gasteiger partial charge in [0.2, 0.25) is 0 Å². The summed E-state index contributed by atoms with van der Waals surface area (Å²) in [6, 6.07) is 0. The van der Waals surface area contributed by atoms with E-state index in [2.05, 4.69) is 94.7 Å². The maximum absolute atomic E-state index is 6.04. The third-order valence-electron chi connectivity index (χ3n) is 7.40. The molecule has 4 spiro atoms. The van der Waals surface area contributed by atoms with E-state index in [-0.39, 0.29) is 21.7 Å². The molecule has 1 aliphatic carbocycles. The fraction of sp³-hybridized carbons (Fsp3) is 0.600. The minimum Gasteiger partial charge on any atom is -0.329 e. The van der Waals surface area contributed by atoms with Gasteiger partial charge in [-0.05, 0) is 94.7 Å². The van der Waals surface area contributed by atoms with Crippen LogP contribution in [0.15, 0.2) is 0 Å². The van der Waals surface area contributed by atoms with Crippen LogP contribution in [0.1, 0.15) is 55.4 Å². The molecule has 48 heavy (non-hydrogen) atoms. The van der Waals surface area contributed by atoms with Gasteiger partial charge in [0.05, 0.1) is 52.9 Å². The van der Waals surface area contributed by atoms with Crippen molar-refractivity contribution in [3.8, 4) is 94.7 Å². The van der Waals surface area contributed by atoms with Crippen molar-refractivity contribution in [2.75, 3.05) is 52.9 Å². The molecule has 4 saturated heterocycles. The standard InChI is InChI=1S/C40H40O8/c1-33(2)25-41-37(42-26-33)17-9-11-19-38(43-27-34(3,4)28-44-38)21-13-15-23-40(47-31-36(7,8)32-48-40)24-16-14-22-39(20-12-10-18-37)45-29-35(5,6)30-46-39/h25-32H2,1-8H3. The van der Waals surface area contributed by atoms with E-state index in [4.69, 9.17) is 37.9 Å². The summed E-state index contributed by atoms with van der Waals surface area (Å²) in [5.41, 5.74) is -0.920. The average molecular weight is 649 g/mol. The topological polar surface area (TPSA) is 73.8 Å². The Morgan fingerprint density at radius 2 is 0.375 bits per heavy atom. The van der Waals surface area contributed by atoms with Crippen LogP contribution in [0.5, 0.6) is 0 Å². The van der Waals surface area contributed by atoms with Crippen molar-refractivity contribution in [2.45, 2.75) is 78.5 Å². The molecule has 248 valence electrons. The van der Waals surface area contributed by atoms with E-state index in [0.717, 1.165) is 0 Å². The third-order valence-corrected chi connectivity index (χ3v) is 7.40. The van der Waals surface area contributed by atoms with E-state index in [9.17, 15) is 0 Å². The van der Waals surface area contributed by atoms with Crippen LogP contribution in [0.4, 0.5) is 0 Å². The fourth-order valence-electron chi connectivity index (χ4n) is 4.32. The van der Waals surface area contributed by atoms with Crippen LogP contribution in [0.25, 0.3) is 0 Å². The lowest BCUT2D eigenvalue weighted by Gasteiger charge is -2.37. The Hall–Kier alpha value is -3.84. The summed E-state index contributed by atoms with van der Waals surface area (Å²) >= 11 is 0. The quantitative estimate of drug-likeness (QED) is 0.372. The first kappa shape index (κ1) is 35.5. The number of hydrogen-bond donors (Lipinski definition) is 0. The normalized spacial score (nSPS) is 27.2. The van der Waals surface area contributed by atoms with Gasteiger partial charge >= 0.3 is 23.1 Å². The molecular weight excluding hydrogens is 608 g/mol. The Morgan fingerprint density at radius 3 is 0.500 bits per heavy atom. The minimum absolute atomic E-state index is 0.230. The van der Waals surface area contributed by atoms with Gasteiger partial charge in [-0.15, -0.1) is 0 Å². The van der Waals surface area contributed by atoms with Crippen molar-refractivity contribution in [2.24, 2.45) is 21.7 Å². The zero-order valence-corrected chi connectivity index (χ0v) is 28.9. The van der Waals surface area contributed by atoms with Gasteiger partial charge in [0.1, 0.15) is 0 Å². The Labute approximate surface area is 285 Å². The van der Waals surface area contributed by atoms with E-state index >= 15 is 0 Å². The molecule has 8 nitrogen and oxygen atoms in total. The van der Waals surface area contributed by atoms with Gasteiger partial charge in [-0.1, -0.05) is 55.4 Å². The van der Waals surface area contributed by atoms with Crippen LogP contribution in [-0.4, -0.2) is 76.0 Å². The summed E-state index contributed by atoms with van der Waals surface area (Å²) < 4.78 is 48.3. The molecule has 4 heterocycles. The van der Waals surface area contributed by atoms with Crippen LogP contribution in [-0.2, 0) is 37.9 Å². The van der Waals surface area contributed by atoms with E-state index < -0.39 is 23.1 Å². The molecule has 0 bridgehead atoms. The van der Waals surface area contributed by atoms with Crippen LogP contribution < -0.4 is 0 Å².